The summed E-state index contributed by atoms with van der Waals surface area (Å²) in [4.78, 5) is 4.57. The lowest BCUT2D eigenvalue weighted by Gasteiger charge is -2.19. The SMILES string of the molecule is Cc1ccc2sc(NC(C)(C)C)nc2c1. The maximum Gasteiger partial charge on any atom is 0.184 e. The maximum absolute atomic E-state index is 4.57. The average Bonchev–Trinajstić information content (AvgIpc) is 2.42. The van der Waals surface area contributed by atoms with Crippen LogP contribution in [0.3, 0.4) is 0 Å². The lowest BCUT2D eigenvalue weighted by atomic mass is 10.1. The monoisotopic (exact) mass is 220 g/mol. The first-order chi connectivity index (χ1) is 6.94. The van der Waals surface area contributed by atoms with Crippen LogP contribution in [-0.2, 0) is 0 Å². The van der Waals surface area contributed by atoms with Crippen molar-refractivity contribution in [3.05, 3.63) is 23.8 Å². The molecule has 3 heteroatoms. The van der Waals surface area contributed by atoms with Crippen molar-refractivity contribution in [1.82, 2.24) is 4.98 Å². The molecule has 0 aliphatic carbocycles. The van der Waals surface area contributed by atoms with Crippen LogP contribution in [0.1, 0.15) is 26.3 Å². The lowest BCUT2D eigenvalue weighted by Crippen LogP contribution is -2.25. The number of aromatic nitrogens is 1. The van der Waals surface area contributed by atoms with Crippen LogP contribution in [0.2, 0.25) is 0 Å². The Bertz CT molecular complexity index is 480. The summed E-state index contributed by atoms with van der Waals surface area (Å²) in [5, 5.41) is 4.40. The number of nitrogens with one attached hydrogen (secondary N) is 1. The number of fused-ring (bicyclic) bond motifs is 1. The second kappa shape index (κ2) is 3.49. The van der Waals surface area contributed by atoms with E-state index in [9.17, 15) is 0 Å². The van der Waals surface area contributed by atoms with Gasteiger partial charge in [-0.3, -0.25) is 0 Å². The molecule has 0 aliphatic rings. The fraction of sp³-hybridized carbons (Fsp3) is 0.417. The van der Waals surface area contributed by atoms with E-state index < -0.39 is 0 Å². The van der Waals surface area contributed by atoms with Gasteiger partial charge in [-0.05, 0) is 45.4 Å². The largest absolute Gasteiger partial charge is 0.357 e. The van der Waals surface area contributed by atoms with Gasteiger partial charge >= 0.3 is 0 Å². The Morgan fingerprint density at radius 1 is 1.27 bits per heavy atom. The molecule has 0 fully saturated rings. The van der Waals surface area contributed by atoms with Gasteiger partial charge in [0.1, 0.15) is 0 Å². The van der Waals surface area contributed by atoms with Gasteiger partial charge in [0.05, 0.1) is 10.2 Å². The Labute approximate surface area is 94.3 Å². The van der Waals surface area contributed by atoms with E-state index in [0.717, 1.165) is 10.6 Å². The minimum absolute atomic E-state index is 0.0723. The second-order valence-electron chi connectivity index (χ2n) is 4.87. The van der Waals surface area contributed by atoms with Gasteiger partial charge in [0, 0.05) is 5.54 Å². The minimum atomic E-state index is 0.0723. The van der Waals surface area contributed by atoms with Gasteiger partial charge in [-0.1, -0.05) is 17.4 Å². The molecule has 0 saturated carbocycles. The highest BCUT2D eigenvalue weighted by Gasteiger charge is 2.12. The van der Waals surface area contributed by atoms with Crippen molar-refractivity contribution in [3.8, 4) is 0 Å². The first-order valence-corrected chi connectivity index (χ1v) is 5.91. The smallest absolute Gasteiger partial charge is 0.184 e. The molecule has 1 heterocycles. The number of hydrogen-bond donors (Lipinski definition) is 1. The van der Waals surface area contributed by atoms with Crippen molar-refractivity contribution >= 4 is 26.7 Å². The van der Waals surface area contributed by atoms with Gasteiger partial charge in [0.15, 0.2) is 5.13 Å². The number of rotatable bonds is 1. The Morgan fingerprint density at radius 3 is 2.67 bits per heavy atom. The van der Waals surface area contributed by atoms with Gasteiger partial charge in [-0.25, -0.2) is 4.98 Å². The van der Waals surface area contributed by atoms with Crippen molar-refractivity contribution in [1.29, 1.82) is 0 Å². The van der Waals surface area contributed by atoms with Crippen LogP contribution in [-0.4, -0.2) is 10.5 Å². The molecule has 0 amide bonds. The predicted octanol–water partition coefficient (Wildman–Crippen LogP) is 3.82. The zero-order valence-electron chi connectivity index (χ0n) is 9.59. The van der Waals surface area contributed by atoms with Crippen molar-refractivity contribution in [2.24, 2.45) is 0 Å². The van der Waals surface area contributed by atoms with E-state index in [0.29, 0.717) is 0 Å². The average molecular weight is 220 g/mol. The van der Waals surface area contributed by atoms with E-state index in [4.69, 9.17) is 0 Å². The zero-order valence-corrected chi connectivity index (χ0v) is 10.4. The van der Waals surface area contributed by atoms with E-state index in [1.54, 1.807) is 11.3 Å². The second-order valence-corrected chi connectivity index (χ2v) is 5.90. The number of anilines is 1. The summed E-state index contributed by atoms with van der Waals surface area (Å²) >= 11 is 1.71. The summed E-state index contributed by atoms with van der Waals surface area (Å²) in [7, 11) is 0. The van der Waals surface area contributed by atoms with E-state index in [2.05, 4.69) is 56.2 Å². The number of aryl methyl sites for hydroxylation is 1. The highest BCUT2D eigenvalue weighted by molar-refractivity contribution is 7.22. The Kier molecular flexibility index (Phi) is 2.43. The molecular weight excluding hydrogens is 204 g/mol. The number of hydrogen-bond acceptors (Lipinski definition) is 3. The van der Waals surface area contributed by atoms with Crippen LogP contribution in [0.5, 0.6) is 0 Å². The molecule has 0 spiro atoms. The van der Waals surface area contributed by atoms with E-state index in [1.807, 2.05) is 0 Å². The molecule has 0 atom stereocenters. The first-order valence-electron chi connectivity index (χ1n) is 5.09. The highest BCUT2D eigenvalue weighted by Crippen LogP contribution is 2.28. The fourth-order valence-electron chi connectivity index (χ4n) is 1.41. The quantitative estimate of drug-likeness (QED) is 0.790. The summed E-state index contributed by atoms with van der Waals surface area (Å²) in [5.41, 5.74) is 2.42. The van der Waals surface area contributed by atoms with Crippen LogP contribution >= 0.6 is 11.3 Å². The third-order valence-electron chi connectivity index (χ3n) is 2.03. The molecule has 1 aromatic heterocycles. The highest BCUT2D eigenvalue weighted by atomic mass is 32.1. The summed E-state index contributed by atoms with van der Waals surface area (Å²) in [5.74, 6) is 0. The molecule has 80 valence electrons. The van der Waals surface area contributed by atoms with Crippen LogP contribution in [0.25, 0.3) is 10.2 Å². The molecular formula is C12H16N2S. The molecule has 0 aliphatic heterocycles. The van der Waals surface area contributed by atoms with E-state index in [1.165, 1.54) is 10.3 Å². The lowest BCUT2D eigenvalue weighted by molar-refractivity contribution is 0.633. The molecule has 0 bridgehead atoms. The molecule has 2 rings (SSSR count). The molecule has 0 saturated heterocycles. The number of thiazole rings is 1. The molecule has 1 aromatic carbocycles. The maximum atomic E-state index is 4.57. The van der Waals surface area contributed by atoms with E-state index >= 15 is 0 Å². The minimum Gasteiger partial charge on any atom is -0.357 e. The number of benzene rings is 1. The first kappa shape index (κ1) is 10.4. The molecule has 1 N–H and O–H groups in total. The zero-order chi connectivity index (χ0) is 11.1. The summed E-state index contributed by atoms with van der Waals surface area (Å²) in [6.45, 7) is 8.52. The van der Waals surface area contributed by atoms with Gasteiger partial charge in [0.25, 0.3) is 0 Å². The van der Waals surface area contributed by atoms with Crippen LogP contribution in [0, 0.1) is 6.92 Å². The molecule has 15 heavy (non-hydrogen) atoms. The topological polar surface area (TPSA) is 24.9 Å². The third-order valence-corrected chi connectivity index (χ3v) is 2.98. The van der Waals surface area contributed by atoms with Crippen LogP contribution in [0.4, 0.5) is 5.13 Å². The molecule has 2 nitrogen and oxygen atoms in total. The Morgan fingerprint density at radius 2 is 2.00 bits per heavy atom. The standard InChI is InChI=1S/C12H16N2S/c1-8-5-6-10-9(7-8)13-11(15-10)14-12(2,3)4/h5-7H,1-4H3,(H,13,14). The number of nitrogens with zero attached hydrogens (tertiary/aromatic N) is 1. The fourth-order valence-corrected chi connectivity index (χ4v) is 2.47. The third kappa shape index (κ3) is 2.48. The van der Waals surface area contributed by atoms with Gasteiger partial charge in [0.2, 0.25) is 0 Å². The Balaban J connectivity index is 2.39. The van der Waals surface area contributed by atoms with Crippen molar-refractivity contribution in [2.45, 2.75) is 33.2 Å². The Hall–Kier alpha value is -1.09. The van der Waals surface area contributed by atoms with Crippen molar-refractivity contribution < 1.29 is 0 Å². The summed E-state index contributed by atoms with van der Waals surface area (Å²) < 4.78 is 1.24. The van der Waals surface area contributed by atoms with Crippen LogP contribution in [0.15, 0.2) is 18.2 Å². The predicted molar refractivity (Wildman–Crippen MR) is 67.7 cm³/mol. The van der Waals surface area contributed by atoms with Crippen molar-refractivity contribution in [3.63, 3.8) is 0 Å². The van der Waals surface area contributed by atoms with Gasteiger partial charge in [-0.2, -0.15) is 0 Å². The van der Waals surface area contributed by atoms with Gasteiger partial charge < -0.3 is 5.32 Å². The van der Waals surface area contributed by atoms with Crippen molar-refractivity contribution in [2.75, 3.05) is 5.32 Å². The van der Waals surface area contributed by atoms with Gasteiger partial charge in [-0.15, -0.1) is 0 Å². The molecule has 2 aromatic rings. The normalized spacial score (nSPS) is 12.0. The summed E-state index contributed by atoms with van der Waals surface area (Å²) in [6.07, 6.45) is 0. The molecule has 0 unspecified atom stereocenters. The van der Waals surface area contributed by atoms with Crippen LogP contribution < -0.4 is 5.32 Å². The van der Waals surface area contributed by atoms with E-state index in [-0.39, 0.29) is 5.54 Å². The summed E-state index contributed by atoms with van der Waals surface area (Å²) in [6, 6.07) is 6.39. The molecule has 0 radical (unpaired) electrons.